The smallest absolute Gasteiger partial charge is 0.407 e. The van der Waals surface area contributed by atoms with Crippen molar-refractivity contribution in [3.8, 4) is 0 Å². The summed E-state index contributed by atoms with van der Waals surface area (Å²) in [5, 5.41) is 10.9. The average Bonchev–Trinajstić information content (AvgIpc) is 2.44. The highest BCUT2D eigenvalue weighted by Gasteiger charge is 2.07. The predicted octanol–water partition coefficient (Wildman–Crippen LogP) is 1.74. The van der Waals surface area contributed by atoms with Crippen molar-refractivity contribution in [3.63, 3.8) is 0 Å². The third kappa shape index (κ3) is 7.15. The number of carbonyl (C=O) groups excluding carboxylic acids is 2. The molecule has 0 radical (unpaired) electrons. The second-order valence-electron chi connectivity index (χ2n) is 4.17. The quantitative estimate of drug-likeness (QED) is 0.756. The Morgan fingerprint density at radius 2 is 1.75 bits per heavy atom. The van der Waals surface area contributed by atoms with Crippen LogP contribution >= 0.6 is 0 Å². The topological polar surface area (TPSA) is 92.7 Å². The molecule has 1 aromatic carbocycles. The van der Waals surface area contributed by atoms with E-state index in [-0.39, 0.29) is 38.2 Å². The molecule has 0 fully saturated rings. The van der Waals surface area contributed by atoms with E-state index in [0.717, 1.165) is 5.56 Å². The third-order valence-corrected chi connectivity index (χ3v) is 2.50. The van der Waals surface area contributed by atoms with E-state index in [1.54, 1.807) is 0 Å². The number of alkyl carbamates (subject to hydrolysis) is 1. The molecular weight excluding hydrogens is 262 g/mol. The van der Waals surface area contributed by atoms with Crippen molar-refractivity contribution in [2.45, 2.75) is 25.9 Å². The second kappa shape index (κ2) is 8.68. The summed E-state index contributed by atoms with van der Waals surface area (Å²) in [5.74, 6) is -1.20. The van der Waals surface area contributed by atoms with Gasteiger partial charge in [-0.2, -0.15) is 0 Å². The molecule has 1 aromatic rings. The fraction of sp³-hybridized carbons (Fsp3) is 0.357. The number of ketones is 1. The molecule has 0 aliphatic heterocycles. The van der Waals surface area contributed by atoms with Crippen LogP contribution in [0.1, 0.15) is 24.8 Å². The van der Waals surface area contributed by atoms with Gasteiger partial charge in [-0.25, -0.2) is 4.79 Å². The highest BCUT2D eigenvalue weighted by atomic mass is 16.5. The number of carbonyl (C=O) groups is 3. The lowest BCUT2D eigenvalue weighted by molar-refractivity contribution is -0.138. The molecule has 0 bridgehead atoms. The van der Waals surface area contributed by atoms with Gasteiger partial charge in [-0.05, 0) is 5.56 Å². The standard InChI is InChI=1S/C14H17NO5/c16-12(6-7-13(17)18)8-9-15-14(19)20-10-11-4-2-1-3-5-11/h1-5H,6-10H2,(H,15,19)(H,17,18). The Bertz CT molecular complexity index is 458. The fourth-order valence-corrected chi connectivity index (χ4v) is 1.45. The van der Waals surface area contributed by atoms with Gasteiger partial charge in [0.2, 0.25) is 0 Å². The van der Waals surface area contributed by atoms with Crippen LogP contribution < -0.4 is 5.32 Å². The summed E-state index contributed by atoms with van der Waals surface area (Å²) in [7, 11) is 0. The summed E-state index contributed by atoms with van der Waals surface area (Å²) in [6.07, 6.45) is -0.693. The summed E-state index contributed by atoms with van der Waals surface area (Å²) in [4.78, 5) is 32.8. The zero-order valence-electron chi connectivity index (χ0n) is 11.0. The number of amides is 1. The van der Waals surface area contributed by atoms with Crippen LogP contribution in [-0.4, -0.2) is 29.5 Å². The minimum absolute atomic E-state index is 0.0178. The molecular formula is C14H17NO5. The van der Waals surface area contributed by atoms with E-state index in [9.17, 15) is 14.4 Å². The molecule has 0 spiro atoms. The molecule has 1 amide bonds. The lowest BCUT2D eigenvalue weighted by Crippen LogP contribution is -2.26. The molecule has 0 atom stereocenters. The average molecular weight is 279 g/mol. The number of rotatable bonds is 8. The Morgan fingerprint density at radius 1 is 1.05 bits per heavy atom. The van der Waals surface area contributed by atoms with Gasteiger partial charge in [-0.1, -0.05) is 30.3 Å². The van der Waals surface area contributed by atoms with Crippen LogP contribution in [0.3, 0.4) is 0 Å². The van der Waals surface area contributed by atoms with Crippen LogP contribution in [0.2, 0.25) is 0 Å². The monoisotopic (exact) mass is 279 g/mol. The number of aliphatic carboxylic acids is 1. The van der Waals surface area contributed by atoms with Gasteiger partial charge in [0.15, 0.2) is 0 Å². The first kappa shape index (κ1) is 15.7. The van der Waals surface area contributed by atoms with E-state index in [2.05, 4.69) is 5.32 Å². The molecule has 6 heteroatoms. The number of Topliss-reactive ketones (excluding diaryl/α,β-unsaturated/α-hetero) is 1. The number of nitrogens with one attached hydrogen (secondary N) is 1. The van der Waals surface area contributed by atoms with Gasteiger partial charge < -0.3 is 15.2 Å². The SMILES string of the molecule is O=C(O)CCC(=O)CCNC(=O)OCc1ccccc1. The summed E-state index contributed by atoms with van der Waals surface area (Å²) < 4.78 is 4.95. The number of benzene rings is 1. The molecule has 108 valence electrons. The number of ether oxygens (including phenoxy) is 1. The minimum Gasteiger partial charge on any atom is -0.481 e. The molecule has 0 aliphatic rings. The highest BCUT2D eigenvalue weighted by Crippen LogP contribution is 2.00. The predicted molar refractivity (Wildman–Crippen MR) is 71.1 cm³/mol. The van der Waals surface area contributed by atoms with Gasteiger partial charge in [0.05, 0.1) is 6.42 Å². The molecule has 0 unspecified atom stereocenters. The maximum Gasteiger partial charge on any atom is 0.407 e. The Hall–Kier alpha value is -2.37. The Morgan fingerprint density at radius 3 is 2.40 bits per heavy atom. The summed E-state index contributed by atoms with van der Waals surface area (Å²) in [6, 6.07) is 9.23. The van der Waals surface area contributed by atoms with Gasteiger partial charge in [0.1, 0.15) is 12.4 Å². The lowest BCUT2D eigenvalue weighted by atomic mass is 10.2. The molecule has 6 nitrogen and oxygen atoms in total. The summed E-state index contributed by atoms with van der Waals surface area (Å²) >= 11 is 0. The second-order valence-corrected chi connectivity index (χ2v) is 4.17. The normalized spacial score (nSPS) is 9.80. The molecule has 0 saturated heterocycles. The maximum atomic E-state index is 11.3. The summed E-state index contributed by atoms with van der Waals surface area (Å²) in [5.41, 5.74) is 0.875. The molecule has 0 aromatic heterocycles. The van der Waals surface area contributed by atoms with E-state index >= 15 is 0 Å². The van der Waals surface area contributed by atoms with E-state index in [0.29, 0.717) is 0 Å². The Labute approximate surface area is 116 Å². The number of carboxylic acids is 1. The Balaban J connectivity index is 2.11. The zero-order chi connectivity index (χ0) is 14.8. The van der Waals surface area contributed by atoms with Crippen LogP contribution in [0, 0.1) is 0 Å². The van der Waals surface area contributed by atoms with Crippen LogP contribution in [0.5, 0.6) is 0 Å². The third-order valence-electron chi connectivity index (χ3n) is 2.50. The zero-order valence-corrected chi connectivity index (χ0v) is 11.0. The van der Waals surface area contributed by atoms with Gasteiger partial charge in [-0.15, -0.1) is 0 Å². The van der Waals surface area contributed by atoms with Crippen molar-refractivity contribution in [1.82, 2.24) is 5.32 Å². The van der Waals surface area contributed by atoms with Crippen molar-refractivity contribution in [3.05, 3.63) is 35.9 Å². The van der Waals surface area contributed by atoms with Crippen molar-refractivity contribution < 1.29 is 24.2 Å². The van der Waals surface area contributed by atoms with Crippen LogP contribution in [0.4, 0.5) is 4.79 Å². The Kier molecular flexibility index (Phi) is 6.81. The van der Waals surface area contributed by atoms with Crippen molar-refractivity contribution in [2.75, 3.05) is 6.54 Å². The first-order valence-corrected chi connectivity index (χ1v) is 6.26. The van der Waals surface area contributed by atoms with Gasteiger partial charge >= 0.3 is 12.1 Å². The first-order chi connectivity index (χ1) is 9.58. The number of carboxylic acid groups (broad SMARTS) is 1. The van der Waals surface area contributed by atoms with Crippen molar-refractivity contribution in [2.24, 2.45) is 0 Å². The molecule has 1 rings (SSSR count). The fourth-order valence-electron chi connectivity index (χ4n) is 1.45. The lowest BCUT2D eigenvalue weighted by Gasteiger charge is -2.06. The van der Waals surface area contributed by atoms with Crippen molar-refractivity contribution >= 4 is 17.8 Å². The largest absolute Gasteiger partial charge is 0.481 e. The molecule has 0 saturated carbocycles. The molecule has 2 N–H and O–H groups in total. The first-order valence-electron chi connectivity index (χ1n) is 6.26. The molecule has 0 heterocycles. The van der Waals surface area contributed by atoms with Crippen molar-refractivity contribution in [1.29, 1.82) is 0 Å². The maximum absolute atomic E-state index is 11.3. The van der Waals surface area contributed by atoms with E-state index in [1.165, 1.54) is 0 Å². The molecule has 0 aliphatic carbocycles. The number of hydrogen-bond donors (Lipinski definition) is 2. The van der Waals surface area contributed by atoms with E-state index in [4.69, 9.17) is 9.84 Å². The highest BCUT2D eigenvalue weighted by molar-refractivity contribution is 5.82. The van der Waals surface area contributed by atoms with Crippen LogP contribution in [-0.2, 0) is 20.9 Å². The molecule has 20 heavy (non-hydrogen) atoms. The van der Waals surface area contributed by atoms with Crippen LogP contribution in [0.15, 0.2) is 30.3 Å². The number of hydrogen-bond acceptors (Lipinski definition) is 4. The van der Waals surface area contributed by atoms with E-state index < -0.39 is 12.1 Å². The summed E-state index contributed by atoms with van der Waals surface area (Å²) in [6.45, 7) is 0.311. The van der Waals surface area contributed by atoms with Gasteiger partial charge in [0.25, 0.3) is 0 Å². The van der Waals surface area contributed by atoms with Gasteiger partial charge in [-0.3, -0.25) is 9.59 Å². The van der Waals surface area contributed by atoms with E-state index in [1.807, 2.05) is 30.3 Å². The van der Waals surface area contributed by atoms with Gasteiger partial charge in [0, 0.05) is 19.4 Å². The minimum atomic E-state index is -1.01. The van der Waals surface area contributed by atoms with Crippen LogP contribution in [0.25, 0.3) is 0 Å².